The molecular formula is C17H18FNO2. The third-order valence-electron chi connectivity index (χ3n) is 3.62. The molecule has 0 aliphatic carbocycles. The van der Waals surface area contributed by atoms with Crippen molar-refractivity contribution in [2.75, 3.05) is 7.05 Å². The number of hydrogen-bond donors (Lipinski definition) is 1. The van der Waals surface area contributed by atoms with E-state index >= 15 is 0 Å². The van der Waals surface area contributed by atoms with Crippen LogP contribution < -0.4 is 0 Å². The van der Waals surface area contributed by atoms with Crippen LogP contribution in [0, 0.1) is 5.82 Å². The molecule has 1 amide bonds. The second-order valence-corrected chi connectivity index (χ2v) is 5.08. The standard InChI is InChI=1S/C17H18FNO2/c1-12(14-5-7-15(18)8-6-14)19(2)17(21)11-13-3-9-16(20)10-4-13/h3-10,12,20H,11H2,1-2H3. The minimum Gasteiger partial charge on any atom is -0.508 e. The SMILES string of the molecule is CC(c1ccc(F)cc1)N(C)C(=O)Cc1ccc(O)cc1. The van der Waals surface area contributed by atoms with Gasteiger partial charge in [0.2, 0.25) is 5.91 Å². The van der Waals surface area contributed by atoms with Gasteiger partial charge in [-0.3, -0.25) is 4.79 Å². The lowest BCUT2D eigenvalue weighted by Gasteiger charge is -2.25. The summed E-state index contributed by atoms with van der Waals surface area (Å²) in [6, 6.07) is 12.6. The minimum absolute atomic E-state index is 0.0301. The number of phenolic OH excluding ortho intramolecular Hbond substituents is 1. The first-order valence-corrected chi connectivity index (χ1v) is 6.76. The van der Waals surface area contributed by atoms with E-state index in [1.54, 1.807) is 48.3 Å². The van der Waals surface area contributed by atoms with Gasteiger partial charge in [0.15, 0.2) is 0 Å². The maximum atomic E-state index is 12.9. The maximum Gasteiger partial charge on any atom is 0.227 e. The second kappa shape index (κ2) is 6.39. The Morgan fingerprint density at radius 1 is 1.14 bits per heavy atom. The van der Waals surface area contributed by atoms with Gasteiger partial charge in [-0.2, -0.15) is 0 Å². The molecule has 21 heavy (non-hydrogen) atoms. The van der Waals surface area contributed by atoms with Gasteiger partial charge in [-0.05, 0) is 42.3 Å². The van der Waals surface area contributed by atoms with E-state index in [0.29, 0.717) is 0 Å². The van der Waals surface area contributed by atoms with Crippen molar-refractivity contribution in [3.8, 4) is 5.75 Å². The van der Waals surface area contributed by atoms with Gasteiger partial charge >= 0.3 is 0 Å². The highest BCUT2D eigenvalue weighted by atomic mass is 19.1. The van der Waals surface area contributed by atoms with E-state index in [-0.39, 0.29) is 29.9 Å². The van der Waals surface area contributed by atoms with Crippen LogP contribution in [0.25, 0.3) is 0 Å². The van der Waals surface area contributed by atoms with Crippen molar-refractivity contribution in [2.24, 2.45) is 0 Å². The fourth-order valence-corrected chi connectivity index (χ4v) is 2.09. The van der Waals surface area contributed by atoms with E-state index in [4.69, 9.17) is 0 Å². The summed E-state index contributed by atoms with van der Waals surface area (Å²) < 4.78 is 12.9. The smallest absolute Gasteiger partial charge is 0.227 e. The van der Waals surface area contributed by atoms with Crippen LogP contribution in [0.5, 0.6) is 5.75 Å². The molecule has 0 spiro atoms. The van der Waals surface area contributed by atoms with Gasteiger partial charge in [0.05, 0.1) is 12.5 Å². The molecule has 1 unspecified atom stereocenters. The highest BCUT2D eigenvalue weighted by Gasteiger charge is 2.17. The van der Waals surface area contributed by atoms with E-state index in [1.807, 2.05) is 6.92 Å². The van der Waals surface area contributed by atoms with Crippen molar-refractivity contribution >= 4 is 5.91 Å². The van der Waals surface area contributed by atoms with Gasteiger partial charge in [-0.15, -0.1) is 0 Å². The van der Waals surface area contributed by atoms with Crippen molar-refractivity contribution in [3.63, 3.8) is 0 Å². The topological polar surface area (TPSA) is 40.5 Å². The van der Waals surface area contributed by atoms with Crippen LogP contribution in [0.3, 0.4) is 0 Å². The molecule has 110 valence electrons. The Balaban J connectivity index is 2.04. The predicted molar refractivity (Wildman–Crippen MR) is 79.4 cm³/mol. The molecule has 2 aromatic carbocycles. The zero-order valence-corrected chi connectivity index (χ0v) is 12.1. The normalized spacial score (nSPS) is 12.0. The first-order chi connectivity index (χ1) is 9.97. The zero-order chi connectivity index (χ0) is 15.4. The van der Waals surface area contributed by atoms with E-state index < -0.39 is 0 Å². The van der Waals surface area contributed by atoms with Crippen LogP contribution in [0.2, 0.25) is 0 Å². The number of aromatic hydroxyl groups is 1. The van der Waals surface area contributed by atoms with Gasteiger partial charge in [0.1, 0.15) is 11.6 Å². The fraction of sp³-hybridized carbons (Fsp3) is 0.235. The van der Waals surface area contributed by atoms with E-state index in [0.717, 1.165) is 11.1 Å². The summed E-state index contributed by atoms with van der Waals surface area (Å²) in [4.78, 5) is 13.9. The van der Waals surface area contributed by atoms with Crippen LogP contribution in [0.15, 0.2) is 48.5 Å². The largest absolute Gasteiger partial charge is 0.508 e. The van der Waals surface area contributed by atoms with Crippen molar-refractivity contribution in [2.45, 2.75) is 19.4 Å². The molecule has 0 bridgehead atoms. The summed E-state index contributed by atoms with van der Waals surface area (Å²) in [5.41, 5.74) is 1.73. The molecule has 0 fully saturated rings. The molecule has 0 aliphatic rings. The molecule has 0 radical (unpaired) electrons. The number of halogens is 1. The first-order valence-electron chi connectivity index (χ1n) is 6.76. The highest BCUT2D eigenvalue weighted by Crippen LogP contribution is 2.20. The predicted octanol–water partition coefficient (Wildman–Crippen LogP) is 3.29. The van der Waals surface area contributed by atoms with Crippen LogP contribution >= 0.6 is 0 Å². The number of likely N-dealkylation sites (N-methyl/N-ethyl adjacent to an activating group) is 1. The zero-order valence-electron chi connectivity index (χ0n) is 12.1. The summed E-state index contributed by atoms with van der Waals surface area (Å²) >= 11 is 0. The van der Waals surface area contributed by atoms with Gasteiger partial charge in [0, 0.05) is 7.05 Å². The van der Waals surface area contributed by atoms with Crippen molar-refractivity contribution in [1.82, 2.24) is 4.90 Å². The molecule has 2 rings (SSSR count). The Bertz CT molecular complexity index is 608. The van der Waals surface area contributed by atoms with Crippen LogP contribution in [-0.2, 0) is 11.2 Å². The summed E-state index contributed by atoms with van der Waals surface area (Å²) in [6.45, 7) is 1.90. The van der Waals surface area contributed by atoms with E-state index in [9.17, 15) is 14.3 Å². The maximum absolute atomic E-state index is 12.9. The molecule has 0 aromatic heterocycles. The third-order valence-corrected chi connectivity index (χ3v) is 3.62. The molecule has 1 atom stereocenters. The Morgan fingerprint density at radius 2 is 1.71 bits per heavy atom. The fourth-order valence-electron chi connectivity index (χ4n) is 2.09. The minimum atomic E-state index is -0.288. The van der Waals surface area contributed by atoms with E-state index in [1.165, 1.54) is 12.1 Å². The summed E-state index contributed by atoms with van der Waals surface area (Å²) in [7, 11) is 1.73. The highest BCUT2D eigenvalue weighted by molar-refractivity contribution is 5.79. The van der Waals surface area contributed by atoms with Gasteiger partial charge in [-0.25, -0.2) is 4.39 Å². The average molecular weight is 287 g/mol. The number of benzene rings is 2. The molecule has 0 saturated carbocycles. The monoisotopic (exact) mass is 287 g/mol. The first kappa shape index (κ1) is 15.0. The average Bonchev–Trinajstić information content (AvgIpc) is 2.49. The molecule has 0 heterocycles. The Hall–Kier alpha value is -2.36. The Labute approximate surface area is 123 Å². The molecule has 0 aliphatic heterocycles. The number of amides is 1. The number of carbonyl (C=O) groups is 1. The Morgan fingerprint density at radius 3 is 2.29 bits per heavy atom. The molecule has 0 saturated heterocycles. The molecule has 4 heteroatoms. The van der Waals surface area contributed by atoms with Crippen LogP contribution in [0.1, 0.15) is 24.1 Å². The van der Waals surface area contributed by atoms with Gasteiger partial charge in [0.25, 0.3) is 0 Å². The molecular weight excluding hydrogens is 269 g/mol. The summed E-state index contributed by atoms with van der Waals surface area (Å²) in [5.74, 6) is -0.138. The quantitative estimate of drug-likeness (QED) is 0.937. The number of rotatable bonds is 4. The van der Waals surface area contributed by atoms with Gasteiger partial charge < -0.3 is 10.0 Å². The van der Waals surface area contributed by atoms with E-state index in [2.05, 4.69) is 0 Å². The second-order valence-electron chi connectivity index (χ2n) is 5.08. The Kier molecular flexibility index (Phi) is 4.58. The number of phenols is 1. The molecule has 2 aromatic rings. The van der Waals surface area contributed by atoms with Crippen molar-refractivity contribution in [1.29, 1.82) is 0 Å². The van der Waals surface area contributed by atoms with Crippen molar-refractivity contribution < 1.29 is 14.3 Å². The van der Waals surface area contributed by atoms with Crippen LogP contribution in [-0.4, -0.2) is 23.0 Å². The molecule has 1 N–H and O–H groups in total. The third kappa shape index (κ3) is 3.81. The van der Waals surface area contributed by atoms with Crippen LogP contribution in [0.4, 0.5) is 4.39 Å². The summed E-state index contributed by atoms with van der Waals surface area (Å²) in [5, 5.41) is 9.23. The number of carbonyl (C=O) groups excluding carboxylic acids is 1. The number of hydrogen-bond acceptors (Lipinski definition) is 2. The summed E-state index contributed by atoms with van der Waals surface area (Å²) in [6.07, 6.45) is 0.266. The van der Waals surface area contributed by atoms with Gasteiger partial charge in [-0.1, -0.05) is 24.3 Å². The lowest BCUT2D eigenvalue weighted by molar-refractivity contribution is -0.131. The number of nitrogens with zero attached hydrogens (tertiary/aromatic N) is 1. The lowest BCUT2D eigenvalue weighted by Crippen LogP contribution is -2.30. The molecule has 3 nitrogen and oxygen atoms in total. The lowest BCUT2D eigenvalue weighted by atomic mass is 10.1. The van der Waals surface area contributed by atoms with Crippen molar-refractivity contribution in [3.05, 3.63) is 65.5 Å².